The van der Waals surface area contributed by atoms with Crippen LogP contribution < -0.4 is 0 Å². The molecule has 2 aromatic rings. The van der Waals surface area contributed by atoms with Crippen molar-refractivity contribution in [1.82, 2.24) is 4.98 Å². The van der Waals surface area contributed by atoms with Crippen molar-refractivity contribution in [2.45, 2.75) is 88.0 Å². The molecule has 2 N–H and O–H groups in total. The van der Waals surface area contributed by atoms with Gasteiger partial charge in [-0.2, -0.15) is 0 Å². The van der Waals surface area contributed by atoms with E-state index in [9.17, 15) is 9.90 Å². The summed E-state index contributed by atoms with van der Waals surface area (Å²) in [5.41, 5.74) is 0.785. The van der Waals surface area contributed by atoms with Crippen molar-refractivity contribution in [2.75, 3.05) is 6.61 Å². The Morgan fingerprint density at radius 3 is 2.78 bits per heavy atom. The summed E-state index contributed by atoms with van der Waals surface area (Å²) in [6, 6.07) is 8.41. The number of carbonyl (C=O) groups excluding carboxylic acids is 1. The van der Waals surface area contributed by atoms with E-state index >= 15 is 0 Å². The summed E-state index contributed by atoms with van der Waals surface area (Å²) in [6.45, 7) is 8.31. The lowest BCUT2D eigenvalue weighted by Crippen LogP contribution is -2.74. The van der Waals surface area contributed by atoms with E-state index in [0.29, 0.717) is 24.8 Å². The molecular weight excluding hydrogens is 454 g/mol. The quantitative estimate of drug-likeness (QED) is 0.627. The van der Waals surface area contributed by atoms with Crippen LogP contribution in [0.5, 0.6) is 0 Å². The van der Waals surface area contributed by atoms with Crippen LogP contribution in [0.3, 0.4) is 0 Å². The standard InChI is InChI=1S/C30H33NO5/c1-6-13-34-23-15-17-14-19-18-9-7-8-10-20(18)31-24(19)28(17,5)27(4)11-12-29-22(30(23,27)33)16-21(32)25(35-29)26(2,3)36-29/h1,7-10,16-17,23,25,31,33H,11-15H2,2-5H3/t17-,23+,25+,27-,28-,29?,30+/m1/s1. The third kappa shape index (κ3) is 2.33. The van der Waals surface area contributed by atoms with Gasteiger partial charge in [0.15, 0.2) is 17.7 Å². The summed E-state index contributed by atoms with van der Waals surface area (Å²) in [6.07, 6.45) is 8.68. The van der Waals surface area contributed by atoms with Gasteiger partial charge in [0.05, 0.1) is 6.10 Å². The zero-order valence-electron chi connectivity index (χ0n) is 21.3. The van der Waals surface area contributed by atoms with E-state index in [-0.39, 0.29) is 23.7 Å². The minimum absolute atomic E-state index is 0.0881. The molecule has 0 amide bonds. The van der Waals surface area contributed by atoms with Gasteiger partial charge in [0.2, 0.25) is 0 Å². The van der Waals surface area contributed by atoms with Gasteiger partial charge in [-0.05, 0) is 56.7 Å². The number of H-pyrrole nitrogens is 1. The molecule has 0 radical (unpaired) electrons. The lowest BCUT2D eigenvalue weighted by molar-refractivity contribution is -0.279. The van der Waals surface area contributed by atoms with Crippen LogP contribution in [-0.4, -0.2) is 51.7 Å². The average Bonchev–Trinajstić information content (AvgIpc) is 3.42. The number of hydrogen-bond acceptors (Lipinski definition) is 5. The monoisotopic (exact) mass is 487 g/mol. The number of terminal acetylenes is 1. The van der Waals surface area contributed by atoms with Crippen LogP contribution >= 0.6 is 0 Å². The van der Waals surface area contributed by atoms with E-state index < -0.39 is 34.6 Å². The fourth-order valence-electron chi connectivity index (χ4n) is 8.74. The zero-order valence-corrected chi connectivity index (χ0v) is 21.3. The molecule has 3 aliphatic carbocycles. The van der Waals surface area contributed by atoms with Crippen LogP contribution in [-0.2, 0) is 30.8 Å². The van der Waals surface area contributed by atoms with E-state index in [4.69, 9.17) is 20.6 Å². The molecule has 5 aliphatic rings. The molecule has 2 aliphatic heterocycles. The number of carbonyl (C=O) groups is 1. The molecule has 7 atom stereocenters. The molecule has 1 aromatic carbocycles. The number of rotatable bonds is 2. The number of para-hydroxylation sites is 1. The number of ether oxygens (including phenoxy) is 3. The molecule has 188 valence electrons. The summed E-state index contributed by atoms with van der Waals surface area (Å²) < 4.78 is 19.2. The van der Waals surface area contributed by atoms with Crippen molar-refractivity contribution in [1.29, 1.82) is 0 Å². The number of aliphatic hydroxyl groups is 1. The van der Waals surface area contributed by atoms with E-state index in [1.54, 1.807) is 6.08 Å². The molecule has 6 heteroatoms. The van der Waals surface area contributed by atoms with Crippen molar-refractivity contribution in [3.05, 3.63) is 47.2 Å². The number of hydrogen-bond donors (Lipinski definition) is 2. The van der Waals surface area contributed by atoms with E-state index in [0.717, 1.165) is 11.9 Å². The van der Waals surface area contributed by atoms with Crippen molar-refractivity contribution >= 4 is 16.7 Å². The summed E-state index contributed by atoms with van der Waals surface area (Å²) in [4.78, 5) is 17.1. The molecule has 1 unspecified atom stereocenters. The normalized spacial score (nSPS) is 43.8. The van der Waals surface area contributed by atoms with Crippen LogP contribution in [0.4, 0.5) is 0 Å². The van der Waals surface area contributed by atoms with Crippen LogP contribution in [0.15, 0.2) is 35.9 Å². The van der Waals surface area contributed by atoms with Crippen molar-refractivity contribution < 1.29 is 24.1 Å². The van der Waals surface area contributed by atoms with Gasteiger partial charge in [-0.3, -0.25) is 4.79 Å². The number of nitrogens with one attached hydrogen (secondary N) is 1. The van der Waals surface area contributed by atoms with Gasteiger partial charge in [-0.25, -0.2) is 0 Å². The predicted molar refractivity (Wildman–Crippen MR) is 134 cm³/mol. The highest BCUT2D eigenvalue weighted by Gasteiger charge is 2.78. The van der Waals surface area contributed by atoms with Gasteiger partial charge < -0.3 is 24.3 Å². The predicted octanol–water partition coefficient (Wildman–Crippen LogP) is 3.95. The molecule has 1 saturated heterocycles. The fraction of sp³-hybridized carbons (Fsp3) is 0.567. The Bertz CT molecular complexity index is 1400. The Hall–Kier alpha value is -2.43. The largest absolute Gasteiger partial charge is 0.382 e. The first-order valence-corrected chi connectivity index (χ1v) is 13.0. The summed E-state index contributed by atoms with van der Waals surface area (Å²) in [5.74, 6) is 1.53. The number of aromatic nitrogens is 1. The van der Waals surface area contributed by atoms with Crippen molar-refractivity contribution in [3.8, 4) is 12.3 Å². The van der Waals surface area contributed by atoms with Gasteiger partial charge in [-0.15, -0.1) is 6.42 Å². The number of benzene rings is 1. The topological polar surface area (TPSA) is 80.8 Å². The van der Waals surface area contributed by atoms with Crippen LogP contribution in [0, 0.1) is 23.7 Å². The van der Waals surface area contributed by atoms with Crippen molar-refractivity contribution in [3.63, 3.8) is 0 Å². The highest BCUT2D eigenvalue weighted by atomic mass is 16.8. The van der Waals surface area contributed by atoms with Gasteiger partial charge in [-0.1, -0.05) is 38.0 Å². The maximum Gasteiger partial charge on any atom is 0.195 e. The van der Waals surface area contributed by atoms with E-state index in [1.165, 1.54) is 16.6 Å². The van der Waals surface area contributed by atoms with Crippen LogP contribution in [0.25, 0.3) is 10.9 Å². The third-order valence-electron chi connectivity index (χ3n) is 10.6. The van der Waals surface area contributed by atoms with Crippen molar-refractivity contribution in [2.24, 2.45) is 11.3 Å². The second-order valence-corrected chi connectivity index (χ2v) is 12.4. The van der Waals surface area contributed by atoms with Gasteiger partial charge in [0, 0.05) is 39.4 Å². The maximum atomic E-state index is 13.3. The van der Waals surface area contributed by atoms with Gasteiger partial charge >= 0.3 is 0 Å². The Morgan fingerprint density at radius 2 is 2.00 bits per heavy atom. The summed E-state index contributed by atoms with van der Waals surface area (Å²) >= 11 is 0. The van der Waals surface area contributed by atoms with Crippen LogP contribution in [0.2, 0.25) is 0 Å². The van der Waals surface area contributed by atoms with E-state index in [2.05, 4.69) is 43.0 Å². The van der Waals surface area contributed by atoms with Gasteiger partial charge in [0.25, 0.3) is 0 Å². The smallest absolute Gasteiger partial charge is 0.195 e. The lowest BCUT2D eigenvalue weighted by Gasteiger charge is -2.67. The number of aromatic amines is 1. The summed E-state index contributed by atoms with van der Waals surface area (Å²) in [5, 5.41) is 14.3. The molecule has 7 rings (SSSR count). The molecule has 3 fully saturated rings. The minimum atomic E-state index is -1.51. The molecular formula is C30H33NO5. The Kier molecular flexibility index (Phi) is 4.24. The Balaban J connectivity index is 1.46. The first-order valence-electron chi connectivity index (χ1n) is 13.0. The number of ketones is 1. The van der Waals surface area contributed by atoms with E-state index in [1.807, 2.05) is 19.9 Å². The average molecular weight is 488 g/mol. The van der Waals surface area contributed by atoms with Crippen LogP contribution in [0.1, 0.15) is 58.2 Å². The Morgan fingerprint density at radius 1 is 1.22 bits per heavy atom. The Labute approximate surface area is 211 Å². The molecule has 1 spiro atoms. The highest BCUT2D eigenvalue weighted by Crippen LogP contribution is 2.72. The SMILES string of the molecule is C#CCO[C@H]1C[C@H]2Cc3c([nH]c4ccccc34)[C@]2(C)[C@@]2(C)CCC34O[C@@H](C(=O)C=C3[C@]12O)C(C)(C)O4. The number of fused-ring (bicyclic) bond motifs is 9. The lowest BCUT2D eigenvalue weighted by atomic mass is 9.41. The highest BCUT2D eigenvalue weighted by molar-refractivity contribution is 5.97. The fourth-order valence-corrected chi connectivity index (χ4v) is 8.74. The molecule has 36 heavy (non-hydrogen) atoms. The molecule has 3 heterocycles. The maximum absolute atomic E-state index is 13.3. The molecule has 2 bridgehead atoms. The molecule has 6 nitrogen and oxygen atoms in total. The van der Waals surface area contributed by atoms with Gasteiger partial charge in [0.1, 0.15) is 17.8 Å². The first kappa shape index (κ1) is 22.7. The second-order valence-electron chi connectivity index (χ2n) is 12.4. The molecule has 1 aromatic heterocycles. The summed E-state index contributed by atoms with van der Waals surface area (Å²) in [7, 11) is 0. The first-order chi connectivity index (χ1) is 17.0. The zero-order chi connectivity index (χ0) is 25.3. The molecule has 2 saturated carbocycles. The third-order valence-corrected chi connectivity index (χ3v) is 10.6. The minimum Gasteiger partial charge on any atom is -0.382 e. The second kappa shape index (κ2) is 6.71.